The van der Waals surface area contributed by atoms with Crippen molar-refractivity contribution in [2.24, 2.45) is 0 Å². The lowest BCUT2D eigenvalue weighted by Crippen LogP contribution is -2.17. The first-order valence-electron chi connectivity index (χ1n) is 7.69. The van der Waals surface area contributed by atoms with E-state index in [9.17, 15) is 13.2 Å². The minimum atomic E-state index is -4.71. The summed E-state index contributed by atoms with van der Waals surface area (Å²) < 4.78 is 47.1. The molecule has 0 unspecified atom stereocenters. The molecule has 0 aliphatic carbocycles. The maximum absolute atomic E-state index is 12.2. The van der Waals surface area contributed by atoms with E-state index in [1.54, 1.807) is 25.3 Å². The van der Waals surface area contributed by atoms with Crippen LogP contribution in [0.3, 0.4) is 0 Å². The second-order valence-electron chi connectivity index (χ2n) is 5.36. The van der Waals surface area contributed by atoms with Gasteiger partial charge in [0, 0.05) is 5.75 Å². The minimum absolute atomic E-state index is 0.267. The first-order valence-corrected chi connectivity index (χ1v) is 8.67. The first-order chi connectivity index (χ1) is 12.9. The van der Waals surface area contributed by atoms with Crippen LogP contribution in [-0.4, -0.2) is 28.3 Å². The number of aromatic nitrogens is 3. The van der Waals surface area contributed by atoms with Crippen molar-refractivity contribution in [3.8, 4) is 22.9 Å². The topological polar surface area (TPSA) is 75.2 Å². The third-order valence-electron chi connectivity index (χ3n) is 3.54. The lowest BCUT2D eigenvalue weighted by molar-refractivity contribution is -0.274. The number of nitrogens with two attached hydrogens (primary N) is 1. The number of para-hydroxylation sites is 1. The third-order valence-corrected chi connectivity index (χ3v) is 4.55. The van der Waals surface area contributed by atoms with Gasteiger partial charge in [-0.05, 0) is 29.8 Å². The number of hydrogen-bond acceptors (Lipinski definition) is 6. The first kappa shape index (κ1) is 18.9. The van der Waals surface area contributed by atoms with Crippen molar-refractivity contribution in [1.29, 1.82) is 0 Å². The lowest BCUT2D eigenvalue weighted by atomic mass is 10.2. The maximum atomic E-state index is 12.2. The van der Waals surface area contributed by atoms with E-state index in [0.717, 1.165) is 5.56 Å². The Bertz CT molecular complexity index is 913. The fourth-order valence-electron chi connectivity index (χ4n) is 2.32. The van der Waals surface area contributed by atoms with Crippen molar-refractivity contribution in [3.63, 3.8) is 0 Å². The molecular formula is C17H15F3N4O2S. The molecule has 10 heteroatoms. The third kappa shape index (κ3) is 4.64. The summed E-state index contributed by atoms with van der Waals surface area (Å²) in [5, 5.41) is 8.64. The predicted octanol–water partition coefficient (Wildman–Crippen LogP) is 3.86. The Balaban J connectivity index is 1.70. The highest BCUT2D eigenvalue weighted by Gasteiger charge is 2.30. The Morgan fingerprint density at radius 2 is 1.78 bits per heavy atom. The van der Waals surface area contributed by atoms with Gasteiger partial charge >= 0.3 is 6.36 Å². The van der Waals surface area contributed by atoms with Crippen LogP contribution in [0.15, 0.2) is 53.7 Å². The molecule has 0 spiro atoms. The van der Waals surface area contributed by atoms with Gasteiger partial charge < -0.3 is 15.3 Å². The fraction of sp³-hybridized carbons (Fsp3) is 0.176. The van der Waals surface area contributed by atoms with Crippen LogP contribution in [0.4, 0.5) is 13.2 Å². The number of benzene rings is 2. The van der Waals surface area contributed by atoms with E-state index in [1.165, 1.54) is 28.6 Å². The van der Waals surface area contributed by atoms with Gasteiger partial charge in [-0.15, -0.1) is 23.4 Å². The van der Waals surface area contributed by atoms with E-state index >= 15 is 0 Å². The van der Waals surface area contributed by atoms with Crippen LogP contribution in [0.5, 0.6) is 11.5 Å². The van der Waals surface area contributed by atoms with Gasteiger partial charge in [0.2, 0.25) is 5.16 Å². The molecule has 0 bridgehead atoms. The number of nitrogens with zero attached hydrogens (tertiary/aromatic N) is 3. The second-order valence-corrected chi connectivity index (χ2v) is 6.30. The van der Waals surface area contributed by atoms with Crippen molar-refractivity contribution >= 4 is 11.8 Å². The smallest absolute Gasteiger partial charge is 0.496 e. The number of hydrogen-bond donors (Lipinski definition) is 1. The Kier molecular flexibility index (Phi) is 5.45. The molecule has 3 rings (SSSR count). The quantitative estimate of drug-likeness (QED) is 0.504. The number of ether oxygens (including phenoxy) is 2. The predicted molar refractivity (Wildman–Crippen MR) is 94.8 cm³/mol. The molecule has 0 radical (unpaired) electrons. The maximum Gasteiger partial charge on any atom is 0.573 e. The molecule has 0 aliphatic rings. The standard InChI is InChI=1S/C17H15F3N4O2S/c1-25-14-5-3-2-4-13(14)15-22-23-16(24(15)21)27-10-11-6-8-12(9-7-11)26-17(18,19)20/h2-9H,10,21H2,1H3. The summed E-state index contributed by atoms with van der Waals surface area (Å²) in [7, 11) is 1.55. The molecule has 0 amide bonds. The molecule has 1 heterocycles. The van der Waals surface area contributed by atoms with Gasteiger partial charge in [0.15, 0.2) is 5.82 Å². The van der Waals surface area contributed by atoms with Crippen molar-refractivity contribution in [2.45, 2.75) is 17.3 Å². The fourth-order valence-corrected chi connectivity index (χ4v) is 3.14. The van der Waals surface area contributed by atoms with Crippen LogP contribution in [0.25, 0.3) is 11.4 Å². The van der Waals surface area contributed by atoms with Crippen LogP contribution in [0.1, 0.15) is 5.56 Å². The molecule has 0 atom stereocenters. The summed E-state index contributed by atoms with van der Waals surface area (Å²) in [4.78, 5) is 0. The Morgan fingerprint density at radius 1 is 1.07 bits per heavy atom. The molecule has 3 aromatic rings. The summed E-state index contributed by atoms with van der Waals surface area (Å²) in [6, 6.07) is 12.9. The zero-order valence-corrected chi connectivity index (χ0v) is 14.9. The SMILES string of the molecule is COc1ccccc1-c1nnc(SCc2ccc(OC(F)(F)F)cc2)n1N. The molecule has 0 saturated carbocycles. The highest BCUT2D eigenvalue weighted by Crippen LogP contribution is 2.30. The van der Waals surface area contributed by atoms with E-state index in [2.05, 4.69) is 14.9 Å². The zero-order chi connectivity index (χ0) is 19.4. The normalized spacial score (nSPS) is 11.4. The van der Waals surface area contributed by atoms with Crippen molar-refractivity contribution in [3.05, 3.63) is 54.1 Å². The van der Waals surface area contributed by atoms with E-state index in [0.29, 0.717) is 28.0 Å². The van der Waals surface area contributed by atoms with Crippen LogP contribution >= 0.6 is 11.8 Å². The van der Waals surface area contributed by atoms with Crippen LogP contribution in [0, 0.1) is 0 Å². The molecule has 0 aliphatic heterocycles. The molecule has 1 aromatic heterocycles. The highest BCUT2D eigenvalue weighted by molar-refractivity contribution is 7.98. The second kappa shape index (κ2) is 7.78. The lowest BCUT2D eigenvalue weighted by Gasteiger charge is -2.09. The Morgan fingerprint density at radius 3 is 2.44 bits per heavy atom. The molecule has 0 fully saturated rings. The highest BCUT2D eigenvalue weighted by atomic mass is 32.2. The number of thioether (sulfide) groups is 1. The molecular weight excluding hydrogens is 381 g/mol. The number of rotatable bonds is 6. The van der Waals surface area contributed by atoms with E-state index in [-0.39, 0.29) is 5.75 Å². The molecule has 142 valence electrons. The minimum Gasteiger partial charge on any atom is -0.496 e. The van der Waals surface area contributed by atoms with Crippen molar-refractivity contribution in [1.82, 2.24) is 14.9 Å². The average molecular weight is 396 g/mol. The number of nitrogen functional groups attached to an aromatic ring is 1. The average Bonchev–Trinajstić information content (AvgIpc) is 3.00. The van der Waals surface area contributed by atoms with Gasteiger partial charge in [-0.2, -0.15) is 0 Å². The van der Waals surface area contributed by atoms with E-state index in [4.69, 9.17) is 10.6 Å². The number of methoxy groups -OCH3 is 1. The van der Waals surface area contributed by atoms with E-state index in [1.807, 2.05) is 18.2 Å². The van der Waals surface area contributed by atoms with Gasteiger partial charge in [0.05, 0.1) is 12.7 Å². The molecule has 2 N–H and O–H groups in total. The molecule has 6 nitrogen and oxygen atoms in total. The summed E-state index contributed by atoms with van der Waals surface area (Å²) in [5.41, 5.74) is 1.49. The largest absolute Gasteiger partial charge is 0.573 e. The van der Waals surface area contributed by atoms with Gasteiger partial charge in [-0.1, -0.05) is 36.0 Å². The van der Waals surface area contributed by atoms with Crippen molar-refractivity contribution < 1.29 is 22.6 Å². The summed E-state index contributed by atoms with van der Waals surface area (Å²) in [6.45, 7) is 0. The summed E-state index contributed by atoms with van der Waals surface area (Å²) in [6.07, 6.45) is -4.71. The van der Waals surface area contributed by atoms with Crippen molar-refractivity contribution in [2.75, 3.05) is 13.0 Å². The monoisotopic (exact) mass is 396 g/mol. The van der Waals surface area contributed by atoms with Gasteiger partial charge in [-0.3, -0.25) is 0 Å². The summed E-state index contributed by atoms with van der Waals surface area (Å²) in [5.74, 6) is 7.34. The Labute approximate surface area is 157 Å². The summed E-state index contributed by atoms with van der Waals surface area (Å²) >= 11 is 1.31. The van der Waals surface area contributed by atoms with Gasteiger partial charge in [-0.25, -0.2) is 4.68 Å². The van der Waals surface area contributed by atoms with Crippen LogP contribution < -0.4 is 15.3 Å². The Hall–Kier alpha value is -2.88. The van der Waals surface area contributed by atoms with Gasteiger partial charge in [0.1, 0.15) is 11.5 Å². The van der Waals surface area contributed by atoms with Gasteiger partial charge in [0.25, 0.3) is 0 Å². The molecule has 27 heavy (non-hydrogen) atoms. The van der Waals surface area contributed by atoms with E-state index < -0.39 is 6.36 Å². The molecule has 2 aromatic carbocycles. The number of halogens is 3. The van der Waals surface area contributed by atoms with Crippen LogP contribution in [-0.2, 0) is 5.75 Å². The molecule has 0 saturated heterocycles. The van der Waals surface area contributed by atoms with Crippen LogP contribution in [0.2, 0.25) is 0 Å². The zero-order valence-electron chi connectivity index (χ0n) is 14.1. The number of alkyl halides is 3.